The van der Waals surface area contributed by atoms with Crippen molar-refractivity contribution in [2.75, 3.05) is 16.7 Å². The molecule has 0 saturated carbocycles. The van der Waals surface area contributed by atoms with E-state index in [2.05, 4.69) is 4.72 Å². The zero-order valence-corrected chi connectivity index (χ0v) is 17.1. The number of nitrogens with zero attached hydrogens (tertiary/aromatic N) is 1. The maximum absolute atomic E-state index is 12.9. The molecule has 28 heavy (non-hydrogen) atoms. The number of ether oxygens (including phenoxy) is 1. The van der Waals surface area contributed by atoms with E-state index in [1.54, 1.807) is 0 Å². The van der Waals surface area contributed by atoms with Crippen LogP contribution < -0.4 is 14.4 Å². The molecule has 0 aromatic heterocycles. The van der Waals surface area contributed by atoms with Gasteiger partial charge in [-0.25, -0.2) is 8.42 Å². The number of halogens is 2. The summed E-state index contributed by atoms with van der Waals surface area (Å²) in [6.07, 6.45) is 0.921. The molecule has 2 aromatic rings. The number of hydrogen-bond acceptors (Lipinski definition) is 5. The maximum Gasteiger partial charge on any atom is 0.265 e. The van der Waals surface area contributed by atoms with Crippen molar-refractivity contribution in [3.63, 3.8) is 0 Å². The Labute approximate surface area is 172 Å². The molecule has 1 N–H and O–H groups in total. The highest BCUT2D eigenvalue weighted by molar-refractivity contribution is 7.92. The van der Waals surface area contributed by atoms with Gasteiger partial charge in [-0.3, -0.25) is 19.2 Å². The maximum atomic E-state index is 12.9. The lowest BCUT2D eigenvalue weighted by Gasteiger charge is -2.25. The van der Waals surface area contributed by atoms with Crippen molar-refractivity contribution in [1.29, 1.82) is 0 Å². The fourth-order valence-corrected chi connectivity index (χ4v) is 4.64. The van der Waals surface area contributed by atoms with Gasteiger partial charge in [0, 0.05) is 22.9 Å². The summed E-state index contributed by atoms with van der Waals surface area (Å²) in [5, 5.41) is 0.519. The van der Waals surface area contributed by atoms with Gasteiger partial charge in [0.25, 0.3) is 10.0 Å². The first kappa shape index (κ1) is 20.4. The first-order valence-electron chi connectivity index (χ1n) is 8.24. The summed E-state index contributed by atoms with van der Waals surface area (Å²) in [6.45, 7) is 0. The van der Waals surface area contributed by atoms with Gasteiger partial charge in [0.05, 0.1) is 18.5 Å². The summed E-state index contributed by atoms with van der Waals surface area (Å²) in [6, 6.07) is 8.36. The lowest BCUT2D eigenvalue weighted by molar-refractivity contribution is -0.129. The largest absolute Gasteiger partial charge is 0.495 e. The molecule has 2 amide bonds. The Hall–Kier alpha value is -2.29. The Morgan fingerprint density at radius 2 is 1.61 bits per heavy atom. The third-order valence-corrected chi connectivity index (χ3v) is 5.93. The normalized spacial score (nSPS) is 14.9. The van der Waals surface area contributed by atoms with Gasteiger partial charge in [-0.05, 0) is 42.8 Å². The van der Waals surface area contributed by atoms with E-state index in [9.17, 15) is 18.0 Å². The zero-order chi connectivity index (χ0) is 20.5. The molecule has 7 nitrogen and oxygen atoms in total. The summed E-state index contributed by atoms with van der Waals surface area (Å²) in [7, 11) is -2.81. The van der Waals surface area contributed by atoms with E-state index in [-0.39, 0.29) is 56.7 Å². The molecule has 0 bridgehead atoms. The SMILES string of the molecule is COc1ccc(N2C(=O)CCCC2=O)cc1S(=O)(=O)Nc1cc(Cl)cc(Cl)c1. The Kier molecular flexibility index (Phi) is 5.83. The van der Waals surface area contributed by atoms with Crippen LogP contribution in [0, 0.1) is 0 Å². The number of anilines is 2. The van der Waals surface area contributed by atoms with E-state index in [1.807, 2.05) is 0 Å². The Morgan fingerprint density at radius 3 is 2.18 bits per heavy atom. The molecule has 2 aromatic carbocycles. The lowest BCUT2D eigenvalue weighted by Crippen LogP contribution is -2.40. The number of sulfonamides is 1. The van der Waals surface area contributed by atoms with E-state index in [0.717, 1.165) is 4.90 Å². The molecule has 1 heterocycles. The standard InChI is InChI=1S/C18H16Cl2N2O5S/c1-27-15-6-5-14(22-17(23)3-2-4-18(22)24)10-16(15)28(25,26)21-13-8-11(19)7-12(20)9-13/h5-10,21H,2-4H2,1H3. The lowest BCUT2D eigenvalue weighted by atomic mass is 10.1. The fraction of sp³-hybridized carbons (Fsp3) is 0.222. The number of rotatable bonds is 5. The summed E-state index contributed by atoms with van der Waals surface area (Å²) in [5.74, 6) is -0.694. The van der Waals surface area contributed by atoms with Crippen LogP contribution >= 0.6 is 23.2 Å². The second-order valence-electron chi connectivity index (χ2n) is 6.08. The number of piperidine rings is 1. The number of carbonyl (C=O) groups is 2. The number of imide groups is 1. The second-order valence-corrected chi connectivity index (χ2v) is 8.60. The van der Waals surface area contributed by atoms with Gasteiger partial charge >= 0.3 is 0 Å². The van der Waals surface area contributed by atoms with Crippen LogP contribution in [0.25, 0.3) is 0 Å². The Morgan fingerprint density at radius 1 is 1.00 bits per heavy atom. The summed E-state index contributed by atoms with van der Waals surface area (Å²) in [4.78, 5) is 25.1. The minimum atomic E-state index is -4.13. The summed E-state index contributed by atoms with van der Waals surface area (Å²) < 4.78 is 33.4. The van der Waals surface area contributed by atoms with Crippen LogP contribution in [0.5, 0.6) is 5.75 Å². The first-order chi connectivity index (χ1) is 13.2. The summed E-state index contributed by atoms with van der Waals surface area (Å²) >= 11 is 11.8. The molecule has 1 saturated heterocycles. The molecule has 148 valence electrons. The average Bonchev–Trinajstić information content (AvgIpc) is 2.60. The number of amides is 2. The van der Waals surface area contributed by atoms with Crippen LogP contribution in [0.1, 0.15) is 19.3 Å². The van der Waals surface area contributed by atoms with E-state index in [4.69, 9.17) is 27.9 Å². The third kappa shape index (κ3) is 4.24. The summed E-state index contributed by atoms with van der Waals surface area (Å²) in [5.41, 5.74) is 0.329. The molecule has 0 atom stereocenters. The van der Waals surface area contributed by atoms with Crippen molar-refractivity contribution in [3.8, 4) is 5.75 Å². The molecular weight excluding hydrogens is 427 g/mol. The molecule has 1 aliphatic rings. The molecule has 0 radical (unpaired) electrons. The highest BCUT2D eigenvalue weighted by atomic mass is 35.5. The van der Waals surface area contributed by atoms with Crippen molar-refractivity contribution < 1.29 is 22.7 Å². The van der Waals surface area contributed by atoms with Gasteiger partial charge in [-0.15, -0.1) is 0 Å². The van der Waals surface area contributed by atoms with E-state index in [1.165, 1.54) is 43.5 Å². The highest BCUT2D eigenvalue weighted by Crippen LogP contribution is 2.33. The number of carbonyl (C=O) groups excluding carboxylic acids is 2. The van der Waals surface area contributed by atoms with Gasteiger partial charge in [-0.2, -0.15) is 0 Å². The number of nitrogens with one attached hydrogen (secondary N) is 1. The van der Waals surface area contributed by atoms with Crippen molar-refractivity contribution in [2.24, 2.45) is 0 Å². The minimum absolute atomic E-state index is 0.0567. The van der Waals surface area contributed by atoms with E-state index in [0.29, 0.717) is 6.42 Å². The van der Waals surface area contributed by atoms with Crippen LogP contribution in [0.3, 0.4) is 0 Å². The number of methoxy groups -OCH3 is 1. The van der Waals surface area contributed by atoms with Crippen molar-refractivity contribution >= 4 is 56.4 Å². The smallest absolute Gasteiger partial charge is 0.265 e. The molecule has 0 aliphatic carbocycles. The molecule has 10 heteroatoms. The van der Waals surface area contributed by atoms with Crippen LogP contribution in [0.15, 0.2) is 41.3 Å². The second kappa shape index (κ2) is 7.98. The third-order valence-electron chi connectivity index (χ3n) is 4.09. The van der Waals surface area contributed by atoms with Crippen molar-refractivity contribution in [1.82, 2.24) is 0 Å². The number of hydrogen-bond donors (Lipinski definition) is 1. The monoisotopic (exact) mass is 442 g/mol. The van der Waals surface area contributed by atoms with Crippen LogP contribution in [0.2, 0.25) is 10.0 Å². The molecule has 1 fully saturated rings. The molecule has 3 rings (SSSR count). The van der Waals surface area contributed by atoms with Crippen LogP contribution in [-0.4, -0.2) is 27.3 Å². The Bertz CT molecular complexity index is 1020. The predicted octanol–water partition coefficient (Wildman–Crippen LogP) is 3.85. The molecule has 0 spiro atoms. The predicted molar refractivity (Wildman–Crippen MR) is 107 cm³/mol. The molecule has 0 unspecified atom stereocenters. The van der Waals surface area contributed by atoms with Crippen molar-refractivity contribution in [2.45, 2.75) is 24.2 Å². The molecular formula is C18H16Cl2N2O5S. The minimum Gasteiger partial charge on any atom is -0.495 e. The van der Waals surface area contributed by atoms with E-state index >= 15 is 0 Å². The van der Waals surface area contributed by atoms with Crippen LogP contribution in [0.4, 0.5) is 11.4 Å². The van der Waals surface area contributed by atoms with Crippen molar-refractivity contribution in [3.05, 3.63) is 46.4 Å². The van der Waals surface area contributed by atoms with Gasteiger partial charge < -0.3 is 4.74 Å². The van der Waals surface area contributed by atoms with Gasteiger partial charge in [-0.1, -0.05) is 23.2 Å². The first-order valence-corrected chi connectivity index (χ1v) is 10.5. The van der Waals surface area contributed by atoms with Gasteiger partial charge in [0.1, 0.15) is 10.6 Å². The van der Waals surface area contributed by atoms with Crippen LogP contribution in [-0.2, 0) is 19.6 Å². The topological polar surface area (TPSA) is 92.8 Å². The fourth-order valence-electron chi connectivity index (χ4n) is 2.88. The zero-order valence-electron chi connectivity index (χ0n) is 14.7. The quantitative estimate of drug-likeness (QED) is 0.709. The van der Waals surface area contributed by atoms with Gasteiger partial charge in [0.15, 0.2) is 0 Å². The average molecular weight is 443 g/mol. The highest BCUT2D eigenvalue weighted by Gasteiger charge is 2.29. The molecule has 1 aliphatic heterocycles. The number of benzene rings is 2. The van der Waals surface area contributed by atoms with E-state index < -0.39 is 10.0 Å². The van der Waals surface area contributed by atoms with Gasteiger partial charge in [0.2, 0.25) is 11.8 Å². The Balaban J connectivity index is 2.03.